The van der Waals surface area contributed by atoms with Gasteiger partial charge >= 0.3 is 0 Å². The summed E-state index contributed by atoms with van der Waals surface area (Å²) in [6.45, 7) is 4.93. The van der Waals surface area contributed by atoms with Gasteiger partial charge < -0.3 is 5.32 Å². The molecule has 3 nitrogen and oxygen atoms in total. The van der Waals surface area contributed by atoms with Crippen LogP contribution in [0, 0.1) is 5.82 Å². The van der Waals surface area contributed by atoms with E-state index in [9.17, 15) is 4.39 Å². The zero-order chi connectivity index (χ0) is 14.5. The molecule has 6 heteroatoms. The summed E-state index contributed by atoms with van der Waals surface area (Å²) in [5.74, 6) is -0.174. The molecule has 0 saturated carbocycles. The third-order valence-electron chi connectivity index (χ3n) is 3.12. The first-order valence-corrected chi connectivity index (χ1v) is 8.20. The zero-order valence-electron chi connectivity index (χ0n) is 11.5. The largest absolute Gasteiger partial charge is 0.309 e. The first-order chi connectivity index (χ1) is 9.65. The monoisotopic (exact) mass is 357 g/mol. The lowest BCUT2D eigenvalue weighted by atomic mass is 10.0. The predicted molar refractivity (Wildman–Crippen MR) is 83.5 cm³/mol. The second-order valence-electron chi connectivity index (χ2n) is 4.49. The van der Waals surface area contributed by atoms with Crippen molar-refractivity contribution in [2.24, 2.45) is 0 Å². The van der Waals surface area contributed by atoms with Gasteiger partial charge in [0.05, 0.1) is 10.6 Å². The molecule has 20 heavy (non-hydrogen) atoms. The summed E-state index contributed by atoms with van der Waals surface area (Å²) < 4.78 is 18.8. The normalized spacial score (nSPS) is 12.6. The molecule has 1 heterocycles. The van der Waals surface area contributed by atoms with Crippen LogP contribution < -0.4 is 5.32 Å². The summed E-state index contributed by atoms with van der Waals surface area (Å²) >= 11 is 4.79. The number of aromatic nitrogens is 2. The molecule has 0 fully saturated rings. The van der Waals surface area contributed by atoms with Gasteiger partial charge in [-0.1, -0.05) is 34.3 Å². The van der Waals surface area contributed by atoms with Crippen LogP contribution in [0.2, 0.25) is 0 Å². The smallest absolute Gasteiger partial charge is 0.126 e. The Morgan fingerprint density at radius 2 is 2.20 bits per heavy atom. The van der Waals surface area contributed by atoms with Crippen LogP contribution in [0.15, 0.2) is 22.7 Å². The maximum atomic E-state index is 13.9. The molecule has 0 radical (unpaired) electrons. The Morgan fingerprint density at radius 1 is 1.40 bits per heavy atom. The van der Waals surface area contributed by atoms with E-state index in [1.807, 2.05) is 13.0 Å². The molecule has 0 saturated heterocycles. The van der Waals surface area contributed by atoms with E-state index in [1.54, 1.807) is 6.07 Å². The van der Waals surface area contributed by atoms with Crippen LogP contribution in [0.25, 0.3) is 0 Å². The maximum absolute atomic E-state index is 13.9. The molecule has 0 amide bonds. The van der Waals surface area contributed by atoms with Crippen molar-refractivity contribution >= 4 is 27.5 Å². The molecule has 0 aliphatic heterocycles. The van der Waals surface area contributed by atoms with Crippen molar-refractivity contribution in [1.29, 1.82) is 0 Å². The van der Waals surface area contributed by atoms with Crippen LogP contribution in [-0.2, 0) is 12.8 Å². The van der Waals surface area contributed by atoms with Crippen LogP contribution in [0.3, 0.4) is 0 Å². The van der Waals surface area contributed by atoms with Gasteiger partial charge in [-0.15, -0.1) is 5.10 Å². The molecule has 1 aromatic carbocycles. The van der Waals surface area contributed by atoms with Crippen molar-refractivity contribution in [3.8, 4) is 0 Å². The minimum atomic E-state index is -0.174. The number of nitrogens with one attached hydrogen (secondary N) is 1. The van der Waals surface area contributed by atoms with Crippen molar-refractivity contribution in [2.45, 2.75) is 32.7 Å². The molecular formula is C14H17BrFN3S. The van der Waals surface area contributed by atoms with Gasteiger partial charge in [-0.05, 0) is 54.7 Å². The highest BCUT2D eigenvalue weighted by atomic mass is 79.9. The lowest BCUT2D eigenvalue weighted by Gasteiger charge is -2.17. The van der Waals surface area contributed by atoms with Gasteiger partial charge in [0.1, 0.15) is 5.82 Å². The number of benzene rings is 1. The minimum Gasteiger partial charge on any atom is -0.309 e. The topological polar surface area (TPSA) is 37.8 Å². The number of halogens is 2. The Hall–Kier alpha value is -0.850. The van der Waals surface area contributed by atoms with E-state index < -0.39 is 0 Å². The summed E-state index contributed by atoms with van der Waals surface area (Å²) in [4.78, 5) is 1.11. The van der Waals surface area contributed by atoms with Gasteiger partial charge in [0.2, 0.25) is 0 Å². The summed E-state index contributed by atoms with van der Waals surface area (Å²) in [6, 6.07) is 5.10. The van der Waals surface area contributed by atoms with Crippen LogP contribution >= 0.6 is 27.5 Å². The number of hydrogen-bond donors (Lipinski definition) is 1. The highest BCUT2D eigenvalue weighted by molar-refractivity contribution is 9.10. The molecule has 1 unspecified atom stereocenters. The average Bonchev–Trinajstić information content (AvgIpc) is 2.90. The second-order valence-corrected chi connectivity index (χ2v) is 6.19. The first kappa shape index (κ1) is 15.5. The number of aryl methyl sites for hydroxylation is 1. The molecule has 1 N–H and O–H groups in total. The van der Waals surface area contributed by atoms with Crippen molar-refractivity contribution in [1.82, 2.24) is 14.9 Å². The molecule has 0 aliphatic carbocycles. The lowest BCUT2D eigenvalue weighted by Crippen LogP contribution is -2.23. The van der Waals surface area contributed by atoms with Crippen LogP contribution in [-0.4, -0.2) is 16.1 Å². The number of nitrogens with zero attached hydrogens (tertiary/aromatic N) is 2. The standard InChI is InChI=1S/C14H17BrFN3S/c1-3-12-14(20-19-18-12)13(17-4-2)8-9-7-10(15)5-6-11(9)16/h5-7,13,17H,3-4,8H2,1-2H3. The molecule has 1 aromatic heterocycles. The predicted octanol–water partition coefficient (Wildman–Crippen LogP) is 3.90. The summed E-state index contributed by atoms with van der Waals surface area (Å²) in [6.07, 6.45) is 1.44. The molecule has 1 atom stereocenters. The Balaban J connectivity index is 2.27. The molecule has 0 aliphatic rings. The summed E-state index contributed by atoms with van der Waals surface area (Å²) in [5, 5.41) is 7.55. The third-order valence-corrected chi connectivity index (χ3v) is 4.49. The third kappa shape index (κ3) is 3.62. The van der Waals surface area contributed by atoms with Gasteiger partial charge in [0, 0.05) is 10.5 Å². The lowest BCUT2D eigenvalue weighted by molar-refractivity contribution is 0.530. The van der Waals surface area contributed by atoms with Crippen molar-refractivity contribution in [2.75, 3.05) is 6.54 Å². The quantitative estimate of drug-likeness (QED) is 0.851. The van der Waals surface area contributed by atoms with Crippen LogP contribution in [0.4, 0.5) is 4.39 Å². The molecule has 0 spiro atoms. The van der Waals surface area contributed by atoms with Gasteiger partial charge in [0.25, 0.3) is 0 Å². The van der Waals surface area contributed by atoms with Gasteiger partial charge in [-0.25, -0.2) is 4.39 Å². The van der Waals surface area contributed by atoms with Crippen molar-refractivity contribution < 1.29 is 4.39 Å². The first-order valence-electron chi connectivity index (χ1n) is 6.64. The highest BCUT2D eigenvalue weighted by Gasteiger charge is 2.19. The van der Waals surface area contributed by atoms with E-state index in [4.69, 9.17) is 0 Å². The maximum Gasteiger partial charge on any atom is 0.126 e. The van der Waals surface area contributed by atoms with E-state index >= 15 is 0 Å². The number of rotatable bonds is 6. The van der Waals surface area contributed by atoms with Gasteiger partial charge in [-0.2, -0.15) is 0 Å². The minimum absolute atomic E-state index is 0.0544. The molecule has 2 rings (SSSR count). The molecule has 2 aromatic rings. The Kier molecular flexibility index (Phi) is 5.63. The fourth-order valence-electron chi connectivity index (χ4n) is 2.15. The fraction of sp³-hybridized carbons (Fsp3) is 0.429. The summed E-state index contributed by atoms with van der Waals surface area (Å²) in [5.41, 5.74) is 1.69. The van der Waals surface area contributed by atoms with E-state index in [-0.39, 0.29) is 11.9 Å². The SMILES string of the molecule is CCNC(Cc1cc(Br)ccc1F)c1snnc1CC. The number of hydrogen-bond acceptors (Lipinski definition) is 4. The van der Waals surface area contributed by atoms with E-state index in [0.29, 0.717) is 12.0 Å². The summed E-state index contributed by atoms with van der Waals surface area (Å²) in [7, 11) is 0. The van der Waals surface area contributed by atoms with Crippen molar-refractivity contribution in [3.05, 3.63) is 44.6 Å². The Morgan fingerprint density at radius 3 is 2.90 bits per heavy atom. The van der Waals surface area contributed by atoms with Crippen molar-refractivity contribution in [3.63, 3.8) is 0 Å². The highest BCUT2D eigenvalue weighted by Crippen LogP contribution is 2.26. The zero-order valence-corrected chi connectivity index (χ0v) is 13.9. The van der Waals surface area contributed by atoms with Gasteiger partial charge in [0.15, 0.2) is 0 Å². The van der Waals surface area contributed by atoms with Crippen LogP contribution in [0.1, 0.15) is 36.0 Å². The molecular weight excluding hydrogens is 341 g/mol. The molecule has 0 bridgehead atoms. The van der Waals surface area contributed by atoms with Crippen LogP contribution in [0.5, 0.6) is 0 Å². The molecule has 108 valence electrons. The van der Waals surface area contributed by atoms with Gasteiger partial charge in [-0.3, -0.25) is 0 Å². The van der Waals surface area contributed by atoms with E-state index in [2.05, 4.69) is 37.8 Å². The number of likely N-dealkylation sites (N-methyl/N-ethyl adjacent to an activating group) is 1. The fourth-order valence-corrected chi connectivity index (χ4v) is 3.37. The second kappa shape index (κ2) is 7.24. The Labute approximate surface area is 130 Å². The van der Waals surface area contributed by atoms with E-state index in [0.717, 1.165) is 28.0 Å². The Bertz CT molecular complexity index is 573. The average molecular weight is 358 g/mol. The van der Waals surface area contributed by atoms with E-state index in [1.165, 1.54) is 17.6 Å².